The van der Waals surface area contributed by atoms with E-state index in [2.05, 4.69) is 15.3 Å². The first-order valence-corrected chi connectivity index (χ1v) is 6.78. The van der Waals surface area contributed by atoms with Crippen LogP contribution in [0.25, 0.3) is 0 Å². The Morgan fingerprint density at radius 3 is 2.80 bits per heavy atom. The van der Waals surface area contributed by atoms with E-state index in [4.69, 9.17) is 10.5 Å². The Balaban J connectivity index is 1.92. The zero-order valence-electron chi connectivity index (χ0n) is 12.5. The number of carbonyl (C=O) groups is 1. The highest BCUT2D eigenvalue weighted by Gasteiger charge is 2.28. The molecule has 0 saturated carbocycles. The van der Waals surface area contributed by atoms with Crippen LogP contribution in [-0.2, 0) is 11.8 Å². The first-order valence-electron chi connectivity index (χ1n) is 6.78. The number of alkyl carbamates (subject to hydrolysis) is 1. The van der Waals surface area contributed by atoms with Gasteiger partial charge in [-0.3, -0.25) is 4.68 Å². The normalized spacial score (nSPS) is 19.2. The lowest BCUT2D eigenvalue weighted by atomic mass is 10.2. The quantitative estimate of drug-likeness (QED) is 0.848. The van der Waals surface area contributed by atoms with E-state index < -0.39 is 5.60 Å². The predicted octanol–water partition coefficient (Wildman–Crippen LogP) is 1.11. The molecule has 0 radical (unpaired) electrons. The van der Waals surface area contributed by atoms with Crippen molar-refractivity contribution >= 4 is 17.6 Å². The maximum atomic E-state index is 11.7. The van der Waals surface area contributed by atoms with Crippen LogP contribution in [0.1, 0.15) is 27.2 Å². The van der Waals surface area contributed by atoms with Gasteiger partial charge in [-0.15, -0.1) is 0 Å². The number of nitrogens with zero attached hydrogens (tertiary/aromatic N) is 3. The minimum Gasteiger partial charge on any atom is -0.444 e. The summed E-state index contributed by atoms with van der Waals surface area (Å²) in [6, 6.07) is 0.0687. The number of aryl methyl sites for hydroxylation is 1. The molecule has 112 valence electrons. The standard InChI is InChI=1S/C13H23N5O2/c1-13(2,3)20-12(19)16-9-5-6-18(8-9)11-10(14)7-15-17(11)4/h7,9H,5-6,8,14H2,1-4H3,(H,16,19). The fraction of sp³-hybridized carbons (Fsp3) is 0.692. The molecule has 7 heteroatoms. The van der Waals surface area contributed by atoms with Gasteiger partial charge in [-0.2, -0.15) is 5.10 Å². The van der Waals surface area contributed by atoms with Crippen LogP contribution in [0.2, 0.25) is 0 Å². The number of ether oxygens (including phenoxy) is 1. The van der Waals surface area contributed by atoms with Crippen LogP contribution in [0.4, 0.5) is 16.3 Å². The highest BCUT2D eigenvalue weighted by molar-refractivity contribution is 5.69. The van der Waals surface area contributed by atoms with E-state index >= 15 is 0 Å². The molecule has 7 nitrogen and oxygen atoms in total. The molecule has 0 aromatic carbocycles. The van der Waals surface area contributed by atoms with Crippen LogP contribution in [-0.4, -0.2) is 40.6 Å². The molecule has 2 rings (SSSR count). The summed E-state index contributed by atoms with van der Waals surface area (Å²) in [5, 5.41) is 7.03. The number of hydrogen-bond acceptors (Lipinski definition) is 5. The molecular formula is C13H23N5O2. The first-order chi connectivity index (χ1) is 9.26. The van der Waals surface area contributed by atoms with E-state index in [1.807, 2.05) is 27.8 Å². The van der Waals surface area contributed by atoms with E-state index in [9.17, 15) is 4.79 Å². The van der Waals surface area contributed by atoms with Crippen molar-refractivity contribution < 1.29 is 9.53 Å². The fourth-order valence-electron chi connectivity index (χ4n) is 2.38. The molecule has 2 heterocycles. The average Bonchev–Trinajstić information content (AvgIpc) is 2.83. The Kier molecular flexibility index (Phi) is 3.78. The molecule has 1 aliphatic rings. The van der Waals surface area contributed by atoms with Crippen molar-refractivity contribution in [2.75, 3.05) is 23.7 Å². The van der Waals surface area contributed by atoms with Gasteiger partial charge in [0.1, 0.15) is 11.4 Å². The van der Waals surface area contributed by atoms with Crippen molar-refractivity contribution in [1.29, 1.82) is 0 Å². The van der Waals surface area contributed by atoms with Crippen molar-refractivity contribution in [1.82, 2.24) is 15.1 Å². The topological polar surface area (TPSA) is 85.4 Å². The van der Waals surface area contributed by atoms with Gasteiger partial charge in [0.15, 0.2) is 0 Å². The highest BCUT2D eigenvalue weighted by atomic mass is 16.6. The van der Waals surface area contributed by atoms with E-state index in [0.717, 1.165) is 18.8 Å². The van der Waals surface area contributed by atoms with E-state index in [1.165, 1.54) is 0 Å². The maximum Gasteiger partial charge on any atom is 0.407 e. The van der Waals surface area contributed by atoms with Gasteiger partial charge in [-0.1, -0.05) is 0 Å². The van der Waals surface area contributed by atoms with Crippen molar-refractivity contribution in [3.8, 4) is 0 Å². The minimum absolute atomic E-state index is 0.0687. The van der Waals surface area contributed by atoms with Gasteiger partial charge in [0, 0.05) is 20.1 Å². The lowest BCUT2D eigenvalue weighted by Crippen LogP contribution is -2.40. The van der Waals surface area contributed by atoms with Crippen LogP contribution < -0.4 is 16.0 Å². The summed E-state index contributed by atoms with van der Waals surface area (Å²) in [5.74, 6) is 0.901. The second kappa shape index (κ2) is 5.22. The van der Waals surface area contributed by atoms with E-state index in [-0.39, 0.29) is 12.1 Å². The molecule has 1 fully saturated rings. The Hall–Kier alpha value is -1.92. The zero-order valence-corrected chi connectivity index (χ0v) is 12.5. The summed E-state index contributed by atoms with van der Waals surface area (Å²) in [4.78, 5) is 13.9. The van der Waals surface area contributed by atoms with Crippen LogP contribution >= 0.6 is 0 Å². The number of aromatic nitrogens is 2. The van der Waals surface area contributed by atoms with Crippen molar-refractivity contribution in [3.05, 3.63) is 6.20 Å². The van der Waals surface area contributed by atoms with Crippen molar-refractivity contribution in [3.63, 3.8) is 0 Å². The van der Waals surface area contributed by atoms with E-state index in [0.29, 0.717) is 12.2 Å². The smallest absolute Gasteiger partial charge is 0.407 e. The monoisotopic (exact) mass is 281 g/mol. The van der Waals surface area contributed by atoms with Gasteiger partial charge in [-0.25, -0.2) is 4.79 Å². The third-order valence-corrected chi connectivity index (χ3v) is 3.14. The maximum absolute atomic E-state index is 11.7. The van der Waals surface area contributed by atoms with Gasteiger partial charge in [0.25, 0.3) is 0 Å². The molecule has 1 amide bonds. The Bertz CT molecular complexity index is 472. The summed E-state index contributed by atoms with van der Waals surface area (Å²) in [5.41, 5.74) is 6.09. The Morgan fingerprint density at radius 2 is 2.25 bits per heavy atom. The lowest BCUT2D eigenvalue weighted by Gasteiger charge is -2.22. The van der Waals surface area contributed by atoms with Gasteiger partial charge in [0.05, 0.1) is 17.9 Å². The zero-order chi connectivity index (χ0) is 14.9. The molecule has 1 aromatic rings. The molecule has 0 aliphatic carbocycles. The van der Waals surface area contributed by atoms with Crippen LogP contribution in [0.3, 0.4) is 0 Å². The number of amides is 1. The summed E-state index contributed by atoms with van der Waals surface area (Å²) in [7, 11) is 1.86. The largest absolute Gasteiger partial charge is 0.444 e. The molecule has 1 aliphatic heterocycles. The lowest BCUT2D eigenvalue weighted by molar-refractivity contribution is 0.0509. The van der Waals surface area contributed by atoms with Gasteiger partial charge in [0.2, 0.25) is 0 Å². The average molecular weight is 281 g/mol. The first kappa shape index (κ1) is 14.5. The minimum atomic E-state index is -0.477. The number of carbonyl (C=O) groups excluding carboxylic acids is 1. The SMILES string of the molecule is Cn1ncc(N)c1N1CCC(NC(=O)OC(C)(C)C)C1. The molecule has 1 unspecified atom stereocenters. The third-order valence-electron chi connectivity index (χ3n) is 3.14. The number of rotatable bonds is 2. The molecular weight excluding hydrogens is 258 g/mol. The Labute approximate surface area is 119 Å². The molecule has 1 atom stereocenters. The summed E-state index contributed by atoms with van der Waals surface area (Å²) < 4.78 is 7.02. The molecule has 0 bridgehead atoms. The van der Waals surface area contributed by atoms with Crippen LogP contribution in [0.15, 0.2) is 6.20 Å². The fourth-order valence-corrected chi connectivity index (χ4v) is 2.38. The summed E-state index contributed by atoms with van der Waals surface area (Å²) in [6.45, 7) is 7.10. The number of nitrogens with one attached hydrogen (secondary N) is 1. The third kappa shape index (κ3) is 3.34. The number of nitrogen functional groups attached to an aromatic ring is 1. The summed E-state index contributed by atoms with van der Waals surface area (Å²) >= 11 is 0. The van der Waals surface area contributed by atoms with Crippen LogP contribution in [0.5, 0.6) is 0 Å². The molecule has 0 spiro atoms. The van der Waals surface area contributed by atoms with Crippen molar-refractivity contribution in [2.24, 2.45) is 7.05 Å². The number of hydrogen-bond donors (Lipinski definition) is 2. The Morgan fingerprint density at radius 1 is 1.55 bits per heavy atom. The summed E-state index contributed by atoms with van der Waals surface area (Å²) in [6.07, 6.45) is 2.13. The highest BCUT2D eigenvalue weighted by Crippen LogP contribution is 2.25. The van der Waals surface area contributed by atoms with E-state index in [1.54, 1.807) is 10.9 Å². The molecule has 1 aromatic heterocycles. The number of nitrogens with two attached hydrogens (primary N) is 1. The molecule has 3 N–H and O–H groups in total. The molecule has 20 heavy (non-hydrogen) atoms. The van der Waals surface area contributed by atoms with Crippen molar-refractivity contribution in [2.45, 2.75) is 38.8 Å². The number of anilines is 2. The van der Waals surface area contributed by atoms with Crippen LogP contribution in [0, 0.1) is 0 Å². The molecule has 1 saturated heterocycles. The second-order valence-electron chi connectivity index (χ2n) is 6.12. The van der Waals surface area contributed by atoms with Gasteiger partial charge < -0.3 is 20.7 Å². The second-order valence-corrected chi connectivity index (χ2v) is 6.12. The van der Waals surface area contributed by atoms with Gasteiger partial charge in [-0.05, 0) is 27.2 Å². The van der Waals surface area contributed by atoms with Gasteiger partial charge >= 0.3 is 6.09 Å². The predicted molar refractivity (Wildman–Crippen MR) is 77.6 cm³/mol.